The van der Waals surface area contributed by atoms with Crippen LogP contribution < -0.4 is 10.1 Å². The van der Waals surface area contributed by atoms with Gasteiger partial charge in [0.2, 0.25) is 0 Å². The molecular weight excluding hydrogens is 328 g/mol. The summed E-state index contributed by atoms with van der Waals surface area (Å²) in [4.78, 5) is 4.62. The maximum Gasteiger partial charge on any atom is 0.119 e. The number of halogens is 1. The third-order valence-corrected chi connectivity index (χ3v) is 4.98. The van der Waals surface area contributed by atoms with Crippen molar-refractivity contribution in [3.05, 3.63) is 57.8 Å². The fourth-order valence-electron chi connectivity index (χ4n) is 3.23. The van der Waals surface area contributed by atoms with E-state index in [0.717, 1.165) is 23.1 Å². The number of methoxy groups -OCH3 is 1. The Morgan fingerprint density at radius 2 is 2.24 bits per heavy atom. The van der Waals surface area contributed by atoms with Gasteiger partial charge in [0.15, 0.2) is 0 Å². The number of aryl methyl sites for hydroxylation is 1. The summed E-state index contributed by atoms with van der Waals surface area (Å²) < 4.78 is 6.48. The Kier molecular flexibility index (Phi) is 4.27. The van der Waals surface area contributed by atoms with Crippen molar-refractivity contribution in [3.8, 4) is 5.75 Å². The molecule has 0 saturated carbocycles. The second kappa shape index (κ2) is 6.16. The Balaban J connectivity index is 2.00. The van der Waals surface area contributed by atoms with Crippen molar-refractivity contribution in [3.63, 3.8) is 0 Å². The van der Waals surface area contributed by atoms with Gasteiger partial charge in [-0.1, -0.05) is 22.0 Å². The first-order valence-electron chi connectivity index (χ1n) is 7.19. The lowest BCUT2D eigenvalue weighted by atomic mass is 9.90. The van der Waals surface area contributed by atoms with Crippen molar-refractivity contribution < 1.29 is 4.74 Å². The van der Waals surface area contributed by atoms with Crippen molar-refractivity contribution in [2.24, 2.45) is 0 Å². The average molecular weight is 347 g/mol. The van der Waals surface area contributed by atoms with Gasteiger partial charge in [-0.15, -0.1) is 0 Å². The first kappa shape index (κ1) is 14.5. The monoisotopic (exact) mass is 346 g/mol. The molecule has 1 heterocycles. The number of ether oxygens (including phenoxy) is 1. The zero-order valence-corrected chi connectivity index (χ0v) is 13.9. The molecule has 2 atom stereocenters. The van der Waals surface area contributed by atoms with E-state index in [2.05, 4.69) is 38.4 Å². The molecule has 4 heteroatoms. The number of nitrogens with zero attached hydrogens (tertiary/aromatic N) is 1. The van der Waals surface area contributed by atoms with E-state index in [4.69, 9.17) is 4.74 Å². The fraction of sp³-hybridized carbons (Fsp3) is 0.353. The summed E-state index contributed by atoms with van der Waals surface area (Å²) in [5.74, 6) is 1.28. The molecule has 1 N–H and O–H groups in total. The van der Waals surface area contributed by atoms with Crippen LogP contribution >= 0.6 is 15.9 Å². The minimum atomic E-state index is 0.227. The lowest BCUT2D eigenvalue weighted by molar-refractivity contribution is 0.410. The maximum absolute atomic E-state index is 5.37. The first-order valence-corrected chi connectivity index (χ1v) is 7.98. The zero-order chi connectivity index (χ0) is 14.8. The van der Waals surface area contributed by atoms with Gasteiger partial charge in [-0.2, -0.15) is 0 Å². The number of fused-ring (bicyclic) bond motifs is 1. The van der Waals surface area contributed by atoms with E-state index in [-0.39, 0.29) is 6.04 Å². The second-order valence-corrected chi connectivity index (χ2v) is 6.20. The summed E-state index contributed by atoms with van der Waals surface area (Å²) >= 11 is 3.67. The van der Waals surface area contributed by atoms with Gasteiger partial charge >= 0.3 is 0 Å². The van der Waals surface area contributed by atoms with Crippen molar-refractivity contribution in [2.75, 3.05) is 14.2 Å². The number of likely N-dealkylation sites (N-methyl/N-ethyl adjacent to an activating group) is 1. The molecule has 0 fully saturated rings. The Labute approximate surface area is 133 Å². The van der Waals surface area contributed by atoms with Gasteiger partial charge in [0.25, 0.3) is 0 Å². The molecule has 0 saturated heterocycles. The Hall–Kier alpha value is -1.39. The standard InChI is InChI=1S/C17H19BrN2O/c1-19-17(14-10-12(21-2)6-8-15(14)18)13-7-5-11-4-3-9-20-16(11)13/h3-4,6,8-10,13,17,19H,5,7H2,1-2H3. The van der Waals surface area contributed by atoms with Crippen LogP contribution in [0.5, 0.6) is 5.75 Å². The third kappa shape index (κ3) is 2.70. The normalized spacial score (nSPS) is 18.3. The molecule has 0 spiro atoms. The number of nitrogens with one attached hydrogen (secondary N) is 1. The number of hydrogen-bond donors (Lipinski definition) is 1. The summed E-state index contributed by atoms with van der Waals surface area (Å²) in [6, 6.07) is 10.6. The number of aromatic nitrogens is 1. The molecule has 0 radical (unpaired) electrons. The summed E-state index contributed by atoms with van der Waals surface area (Å²) in [6.07, 6.45) is 4.12. The highest BCUT2D eigenvalue weighted by atomic mass is 79.9. The molecule has 0 amide bonds. The van der Waals surface area contributed by atoms with Crippen LogP contribution in [0.2, 0.25) is 0 Å². The van der Waals surface area contributed by atoms with Crippen LogP contribution in [0.25, 0.3) is 0 Å². The first-order chi connectivity index (χ1) is 10.2. The largest absolute Gasteiger partial charge is 0.497 e. The van der Waals surface area contributed by atoms with Crippen molar-refractivity contribution >= 4 is 15.9 Å². The molecule has 2 aromatic rings. The zero-order valence-electron chi connectivity index (χ0n) is 12.3. The minimum absolute atomic E-state index is 0.227. The van der Waals surface area contributed by atoms with Gasteiger partial charge in [-0.05, 0) is 55.3 Å². The smallest absolute Gasteiger partial charge is 0.119 e. The summed E-state index contributed by atoms with van der Waals surface area (Å²) in [5, 5.41) is 3.47. The lowest BCUT2D eigenvalue weighted by Gasteiger charge is -2.25. The molecule has 3 nitrogen and oxygen atoms in total. The highest BCUT2D eigenvalue weighted by Crippen LogP contribution is 2.42. The SMILES string of the molecule is CNC(c1cc(OC)ccc1Br)C1CCc2cccnc21. The van der Waals surface area contributed by atoms with Crippen LogP contribution in [-0.4, -0.2) is 19.1 Å². The van der Waals surface area contributed by atoms with Gasteiger partial charge in [-0.3, -0.25) is 4.98 Å². The van der Waals surface area contributed by atoms with Gasteiger partial charge < -0.3 is 10.1 Å². The number of hydrogen-bond acceptors (Lipinski definition) is 3. The van der Waals surface area contributed by atoms with E-state index >= 15 is 0 Å². The number of rotatable bonds is 4. The highest BCUT2D eigenvalue weighted by molar-refractivity contribution is 9.10. The van der Waals surface area contributed by atoms with Crippen LogP contribution in [0.4, 0.5) is 0 Å². The summed E-state index contributed by atoms with van der Waals surface area (Å²) in [7, 11) is 3.71. The van der Waals surface area contributed by atoms with Crippen molar-refractivity contribution in [1.29, 1.82) is 0 Å². The molecule has 3 rings (SSSR count). The Morgan fingerprint density at radius 1 is 1.38 bits per heavy atom. The van der Waals surface area contributed by atoms with Crippen molar-refractivity contribution in [1.82, 2.24) is 10.3 Å². The molecule has 110 valence electrons. The summed E-state index contributed by atoms with van der Waals surface area (Å²) in [5.41, 5.74) is 3.83. The molecule has 0 aliphatic heterocycles. The van der Waals surface area contributed by atoms with Gasteiger partial charge in [0.05, 0.1) is 7.11 Å². The Bertz CT molecular complexity index is 644. The molecular formula is C17H19BrN2O. The van der Waals surface area contributed by atoms with E-state index < -0.39 is 0 Å². The van der Waals surface area contributed by atoms with E-state index in [0.29, 0.717) is 5.92 Å². The van der Waals surface area contributed by atoms with Crippen LogP contribution in [0.1, 0.15) is 35.2 Å². The topological polar surface area (TPSA) is 34.1 Å². The van der Waals surface area contributed by atoms with E-state index in [1.54, 1.807) is 7.11 Å². The molecule has 1 aromatic carbocycles. The highest BCUT2D eigenvalue weighted by Gasteiger charge is 2.32. The van der Waals surface area contributed by atoms with Crippen LogP contribution in [0, 0.1) is 0 Å². The molecule has 21 heavy (non-hydrogen) atoms. The molecule has 2 unspecified atom stereocenters. The maximum atomic E-state index is 5.37. The molecule has 0 bridgehead atoms. The lowest BCUT2D eigenvalue weighted by Crippen LogP contribution is -2.23. The third-order valence-electron chi connectivity index (χ3n) is 4.25. The quantitative estimate of drug-likeness (QED) is 0.912. The van der Waals surface area contributed by atoms with E-state index in [1.165, 1.54) is 16.8 Å². The predicted molar refractivity (Wildman–Crippen MR) is 87.8 cm³/mol. The van der Waals surface area contributed by atoms with Crippen LogP contribution in [-0.2, 0) is 6.42 Å². The Morgan fingerprint density at radius 3 is 3.00 bits per heavy atom. The average Bonchev–Trinajstić information content (AvgIpc) is 2.94. The van der Waals surface area contributed by atoms with Crippen LogP contribution in [0.15, 0.2) is 41.0 Å². The molecule has 1 aliphatic rings. The number of benzene rings is 1. The van der Waals surface area contributed by atoms with E-state index in [1.807, 2.05) is 31.4 Å². The minimum Gasteiger partial charge on any atom is -0.497 e. The predicted octanol–water partition coefficient (Wildman–Crippen LogP) is 3.84. The second-order valence-electron chi connectivity index (χ2n) is 5.35. The fourth-order valence-corrected chi connectivity index (χ4v) is 3.72. The van der Waals surface area contributed by atoms with E-state index in [9.17, 15) is 0 Å². The van der Waals surface area contributed by atoms with Crippen LogP contribution in [0.3, 0.4) is 0 Å². The molecule has 1 aromatic heterocycles. The summed E-state index contributed by atoms with van der Waals surface area (Å²) in [6.45, 7) is 0. The van der Waals surface area contributed by atoms with Crippen molar-refractivity contribution in [2.45, 2.75) is 24.8 Å². The van der Waals surface area contributed by atoms with Gasteiger partial charge in [0, 0.05) is 28.3 Å². The van der Waals surface area contributed by atoms with Gasteiger partial charge in [0.1, 0.15) is 5.75 Å². The number of pyridine rings is 1. The van der Waals surface area contributed by atoms with Gasteiger partial charge in [-0.25, -0.2) is 0 Å². The molecule has 1 aliphatic carbocycles.